The molecule has 2 aromatic heterocycles. The number of nitrogens with zero attached hydrogens (tertiary/aromatic N) is 4. The van der Waals surface area contributed by atoms with Crippen LogP contribution in [-0.4, -0.2) is 19.7 Å². The van der Waals surface area contributed by atoms with Crippen LogP contribution in [0.2, 0.25) is 10.0 Å². The standard InChI is InChI=1S/C24H14Cl2N4OS/c25-17-11-9-16(10-12-17)22-28-29-24(32-22)30-21(13-8-15-4-3-5-18(26)14-15)27-20-7-2-1-6-19(20)23(30)31/h1-14H/b13-8+. The molecule has 0 fully saturated rings. The summed E-state index contributed by atoms with van der Waals surface area (Å²) in [7, 11) is 0. The maximum Gasteiger partial charge on any atom is 0.268 e. The lowest BCUT2D eigenvalue weighted by molar-refractivity contribution is 0.899. The summed E-state index contributed by atoms with van der Waals surface area (Å²) in [6, 6.07) is 22.0. The smallest absolute Gasteiger partial charge is 0.268 e. The van der Waals surface area contributed by atoms with Gasteiger partial charge < -0.3 is 0 Å². The molecular formula is C24H14Cl2N4OS. The first-order valence-electron chi connectivity index (χ1n) is 9.64. The maximum atomic E-state index is 13.4. The van der Waals surface area contributed by atoms with Gasteiger partial charge in [0.15, 0.2) is 0 Å². The van der Waals surface area contributed by atoms with Crippen molar-refractivity contribution in [2.24, 2.45) is 0 Å². The minimum absolute atomic E-state index is 0.208. The highest BCUT2D eigenvalue weighted by molar-refractivity contribution is 7.17. The van der Waals surface area contributed by atoms with Gasteiger partial charge in [-0.1, -0.05) is 77.0 Å². The van der Waals surface area contributed by atoms with Crippen LogP contribution in [-0.2, 0) is 0 Å². The zero-order chi connectivity index (χ0) is 22.1. The minimum Gasteiger partial charge on any atom is -0.268 e. The number of aromatic nitrogens is 4. The predicted octanol–water partition coefficient (Wildman–Crippen LogP) is 6.38. The monoisotopic (exact) mass is 476 g/mol. The van der Waals surface area contributed by atoms with Gasteiger partial charge in [-0.3, -0.25) is 4.79 Å². The Balaban J connectivity index is 1.66. The third-order valence-electron chi connectivity index (χ3n) is 4.77. The predicted molar refractivity (Wildman–Crippen MR) is 132 cm³/mol. The summed E-state index contributed by atoms with van der Waals surface area (Å²) in [5, 5.41) is 11.5. The van der Waals surface area contributed by atoms with Crippen molar-refractivity contribution in [3.05, 3.63) is 105 Å². The zero-order valence-corrected chi connectivity index (χ0v) is 18.8. The van der Waals surface area contributed by atoms with Gasteiger partial charge in [0.25, 0.3) is 5.56 Å². The third kappa shape index (κ3) is 4.08. The van der Waals surface area contributed by atoms with E-state index in [0.29, 0.717) is 36.9 Å². The third-order valence-corrected chi connectivity index (χ3v) is 6.22. The number of halogens is 2. The highest BCUT2D eigenvalue weighted by Gasteiger charge is 2.16. The van der Waals surface area contributed by atoms with Crippen molar-refractivity contribution in [3.8, 4) is 15.7 Å². The van der Waals surface area contributed by atoms with Gasteiger partial charge in [-0.15, -0.1) is 10.2 Å². The van der Waals surface area contributed by atoms with Gasteiger partial charge in [-0.2, -0.15) is 0 Å². The maximum absolute atomic E-state index is 13.4. The highest BCUT2D eigenvalue weighted by Crippen LogP contribution is 2.27. The molecule has 0 aliphatic carbocycles. The number of hydrogen-bond donors (Lipinski definition) is 0. The largest absolute Gasteiger partial charge is 0.268 e. The second kappa shape index (κ2) is 8.67. The van der Waals surface area contributed by atoms with E-state index in [0.717, 1.165) is 11.1 Å². The average Bonchev–Trinajstić information content (AvgIpc) is 3.28. The van der Waals surface area contributed by atoms with Crippen molar-refractivity contribution < 1.29 is 0 Å². The summed E-state index contributed by atoms with van der Waals surface area (Å²) >= 11 is 13.4. The van der Waals surface area contributed by atoms with E-state index in [1.165, 1.54) is 15.9 Å². The van der Waals surface area contributed by atoms with Crippen molar-refractivity contribution in [1.29, 1.82) is 0 Å². The second-order valence-electron chi connectivity index (χ2n) is 6.91. The van der Waals surface area contributed by atoms with Gasteiger partial charge in [-0.05, 0) is 48.0 Å². The SMILES string of the molecule is O=c1c2ccccc2nc(/C=C/c2cccc(Cl)c2)n1-c1nnc(-c2ccc(Cl)cc2)s1. The van der Waals surface area contributed by atoms with Crippen LogP contribution in [0.25, 0.3) is 38.8 Å². The molecule has 5 aromatic rings. The molecule has 156 valence electrons. The fourth-order valence-corrected chi connectivity index (χ4v) is 4.43. The number of benzene rings is 3. The fourth-order valence-electron chi connectivity index (χ4n) is 3.24. The van der Waals surface area contributed by atoms with Crippen molar-refractivity contribution in [2.45, 2.75) is 0 Å². The molecule has 2 heterocycles. The molecule has 0 aliphatic rings. The topological polar surface area (TPSA) is 60.7 Å². The van der Waals surface area contributed by atoms with Crippen LogP contribution in [0.1, 0.15) is 11.4 Å². The molecule has 0 radical (unpaired) electrons. The molecule has 5 rings (SSSR count). The van der Waals surface area contributed by atoms with E-state index in [-0.39, 0.29) is 5.56 Å². The first kappa shape index (κ1) is 20.6. The summed E-state index contributed by atoms with van der Waals surface area (Å²) in [4.78, 5) is 18.1. The van der Waals surface area contributed by atoms with Crippen LogP contribution in [0.5, 0.6) is 0 Å². The number of para-hydroxylation sites is 1. The van der Waals surface area contributed by atoms with E-state index in [1.807, 2.05) is 60.7 Å². The molecule has 0 aliphatic heterocycles. The summed E-state index contributed by atoms with van der Waals surface area (Å²) in [5.74, 6) is 0.451. The average molecular weight is 477 g/mol. The van der Waals surface area contributed by atoms with E-state index in [2.05, 4.69) is 10.2 Å². The number of hydrogen-bond acceptors (Lipinski definition) is 5. The van der Waals surface area contributed by atoms with Gasteiger partial charge in [0.05, 0.1) is 10.9 Å². The first-order chi connectivity index (χ1) is 15.6. The molecule has 32 heavy (non-hydrogen) atoms. The minimum atomic E-state index is -0.208. The quantitative estimate of drug-likeness (QED) is 0.301. The molecule has 3 aromatic carbocycles. The summed E-state index contributed by atoms with van der Waals surface area (Å²) in [5.41, 5.74) is 2.17. The highest BCUT2D eigenvalue weighted by atomic mass is 35.5. The Hall–Kier alpha value is -3.32. The molecular weight excluding hydrogens is 463 g/mol. The van der Waals surface area contributed by atoms with E-state index >= 15 is 0 Å². The van der Waals surface area contributed by atoms with Gasteiger partial charge in [-0.25, -0.2) is 9.55 Å². The van der Waals surface area contributed by atoms with E-state index in [9.17, 15) is 4.79 Å². The van der Waals surface area contributed by atoms with Crippen molar-refractivity contribution >= 4 is 57.6 Å². The summed E-state index contributed by atoms with van der Waals surface area (Å²) < 4.78 is 1.49. The van der Waals surface area contributed by atoms with Crippen LogP contribution in [0.15, 0.2) is 77.6 Å². The number of rotatable bonds is 4. The van der Waals surface area contributed by atoms with E-state index < -0.39 is 0 Å². The van der Waals surface area contributed by atoms with Gasteiger partial charge in [0.2, 0.25) is 5.13 Å². The molecule has 0 bridgehead atoms. The Labute approximate surface area is 197 Å². The molecule has 8 heteroatoms. The lowest BCUT2D eigenvalue weighted by Crippen LogP contribution is -2.22. The Morgan fingerprint density at radius 2 is 1.66 bits per heavy atom. The Morgan fingerprint density at radius 1 is 0.844 bits per heavy atom. The van der Waals surface area contributed by atoms with Gasteiger partial charge >= 0.3 is 0 Å². The van der Waals surface area contributed by atoms with Crippen LogP contribution >= 0.6 is 34.5 Å². The van der Waals surface area contributed by atoms with Crippen molar-refractivity contribution in [2.75, 3.05) is 0 Å². The van der Waals surface area contributed by atoms with Crippen LogP contribution in [0.3, 0.4) is 0 Å². The Bertz CT molecular complexity index is 1520. The Kier molecular flexibility index (Phi) is 5.57. The summed E-state index contributed by atoms with van der Waals surface area (Å²) in [6.07, 6.45) is 3.64. The molecule has 0 spiro atoms. The zero-order valence-electron chi connectivity index (χ0n) is 16.4. The fraction of sp³-hybridized carbons (Fsp3) is 0. The van der Waals surface area contributed by atoms with Gasteiger partial charge in [0.1, 0.15) is 10.8 Å². The van der Waals surface area contributed by atoms with E-state index in [1.54, 1.807) is 24.3 Å². The van der Waals surface area contributed by atoms with Crippen LogP contribution in [0.4, 0.5) is 0 Å². The van der Waals surface area contributed by atoms with Crippen molar-refractivity contribution in [1.82, 2.24) is 19.7 Å². The first-order valence-corrected chi connectivity index (χ1v) is 11.2. The molecule has 0 saturated carbocycles. The molecule has 0 atom stereocenters. The second-order valence-corrected chi connectivity index (χ2v) is 8.74. The lowest BCUT2D eigenvalue weighted by atomic mass is 10.2. The molecule has 0 saturated heterocycles. The molecule has 0 amide bonds. The normalized spacial score (nSPS) is 11.4. The van der Waals surface area contributed by atoms with Crippen LogP contribution in [0, 0.1) is 0 Å². The van der Waals surface area contributed by atoms with Gasteiger partial charge in [0, 0.05) is 15.6 Å². The lowest BCUT2D eigenvalue weighted by Gasteiger charge is -2.08. The van der Waals surface area contributed by atoms with Crippen LogP contribution < -0.4 is 5.56 Å². The molecule has 0 unspecified atom stereocenters. The summed E-state index contributed by atoms with van der Waals surface area (Å²) in [6.45, 7) is 0. The molecule has 0 N–H and O–H groups in total. The number of fused-ring (bicyclic) bond motifs is 1. The Morgan fingerprint density at radius 3 is 2.47 bits per heavy atom. The molecule has 5 nitrogen and oxygen atoms in total. The van der Waals surface area contributed by atoms with Crippen molar-refractivity contribution in [3.63, 3.8) is 0 Å². The van der Waals surface area contributed by atoms with E-state index in [4.69, 9.17) is 28.2 Å².